The third kappa shape index (κ3) is 18.5. The van der Waals surface area contributed by atoms with Gasteiger partial charge >= 0.3 is 101 Å². The van der Waals surface area contributed by atoms with Gasteiger partial charge in [0.15, 0.2) is 0 Å². The molecule has 0 aliphatic carbocycles. The van der Waals surface area contributed by atoms with Crippen LogP contribution in [-0.4, -0.2) is 61.2 Å². The molecule has 0 aromatic carbocycles. The quantitative estimate of drug-likeness (QED) is 0.556. The molecule has 0 aromatic heterocycles. The van der Waals surface area contributed by atoms with Gasteiger partial charge in [-0.2, -0.15) is 0 Å². The van der Waals surface area contributed by atoms with Crippen LogP contribution in [0.1, 0.15) is 0 Å². The van der Waals surface area contributed by atoms with Crippen LogP contribution in [-0.2, 0) is 4.57 Å². The first-order valence-corrected chi connectivity index (χ1v) is 22.2. The molecule has 0 bridgehead atoms. The Morgan fingerprint density at radius 2 is 2.00 bits per heavy atom. The van der Waals surface area contributed by atoms with Gasteiger partial charge in [0, 0.05) is 0 Å². The van der Waals surface area contributed by atoms with E-state index in [-0.39, 0.29) is 0 Å². The second kappa shape index (κ2) is 3.51. The first kappa shape index (κ1) is 8.50. The zero-order chi connectivity index (χ0) is 4.50. The molecule has 0 rings (SSSR count). The predicted molar refractivity (Wildman–Crippen MR) is 20.7 cm³/mol. The van der Waals surface area contributed by atoms with Crippen molar-refractivity contribution in [2.45, 2.75) is 0 Å². The van der Waals surface area contributed by atoms with Crippen molar-refractivity contribution in [1.82, 2.24) is 0 Å². The number of hydrogen-bond acceptors (Lipinski definition) is 1. The molecule has 0 spiro atoms. The summed E-state index contributed by atoms with van der Waals surface area (Å²) < 4.78 is 9.21. The third-order valence-corrected chi connectivity index (χ3v) is 0. The van der Waals surface area contributed by atoms with Crippen molar-refractivity contribution in [3.8, 4) is 0 Å². The summed E-state index contributed by atoms with van der Waals surface area (Å²) in [6.45, 7) is 1.94. The van der Waals surface area contributed by atoms with Gasteiger partial charge < -0.3 is 0 Å². The first-order chi connectivity index (χ1) is 2.00. The third-order valence-electron chi connectivity index (χ3n) is 0. The minimum atomic E-state index is -1.20. The summed E-state index contributed by atoms with van der Waals surface area (Å²) in [6.07, 6.45) is 0. The molecule has 0 aliphatic heterocycles. The summed E-state index contributed by atoms with van der Waals surface area (Å²) in [7, 11) is 0. The molecule has 0 heterocycles. The maximum absolute atomic E-state index is 10.4. The van der Waals surface area contributed by atoms with Crippen LogP contribution >= 0.6 is -6.78 Å². The summed E-state index contributed by atoms with van der Waals surface area (Å²) in [5.41, 5.74) is 0. The van der Waals surface area contributed by atoms with E-state index in [1.165, 1.54) is 0 Å². The molecule has 0 aromatic rings. The van der Waals surface area contributed by atoms with Gasteiger partial charge in [-0.15, -0.1) is 0 Å². The van der Waals surface area contributed by atoms with E-state index < -0.39 is -6.78 Å². The average Bonchev–Trinajstić information content (AvgIpc) is 0.722. The molecule has 0 fully saturated rings. The van der Waals surface area contributed by atoms with Gasteiger partial charge in [0.1, 0.15) is 0 Å². The second-order valence-electron chi connectivity index (χ2n) is 1.89. The summed E-state index contributed by atoms with van der Waals surface area (Å²) in [5.74, 6) is 0. The van der Waals surface area contributed by atoms with Crippen LogP contribution in [0.25, 0.3) is 0 Å². The Bertz CT molecular complexity index is 57.8. The Balaban J connectivity index is 3.47. The fourth-order valence-electron chi connectivity index (χ4n) is 0. The molecule has 0 saturated heterocycles. The zero-order valence-corrected chi connectivity index (χ0v) is 17.9. The van der Waals surface area contributed by atoms with Gasteiger partial charge in [-0.3, -0.25) is 0 Å². The summed E-state index contributed by atoms with van der Waals surface area (Å²) >= 11 is 0.897. The summed E-state index contributed by atoms with van der Waals surface area (Å²) in [6, 6.07) is 0. The van der Waals surface area contributed by atoms with E-state index in [1.54, 1.807) is 0 Å². The molecule has 1 nitrogen and oxygen atoms in total. The van der Waals surface area contributed by atoms with Crippen molar-refractivity contribution >= 4 is 47.8 Å². The molecule has 1 atom stereocenters. The number of rotatable bonds is 0. The molecule has 0 aliphatic rings. The second-order valence-corrected chi connectivity index (χ2v) is 102. The molecule has 0 radical (unpaired) electrons. The molecule has 0 N–H and O–H groups in total. The Morgan fingerprint density at radius 3 is 2.00 bits per heavy atom. The fraction of sp³-hybridized carbons (Fsp3) is 1.00. The van der Waals surface area contributed by atoms with Gasteiger partial charge in [-0.1, -0.05) is 0 Å². The van der Waals surface area contributed by atoms with E-state index in [1.807, 2.05) is 6.66 Å². The van der Waals surface area contributed by atoms with Crippen LogP contribution < -0.4 is 0 Å². The van der Waals surface area contributed by atoms with Gasteiger partial charge in [-0.05, 0) is 0 Å². The van der Waals surface area contributed by atoms with Crippen molar-refractivity contribution in [3.63, 3.8) is 0 Å². The standard InChI is InChI=1S/CH3OP.Ra.Rb.H/c1-3-2;;;/h1H3;;;. The van der Waals surface area contributed by atoms with E-state index in [4.69, 9.17) is 0 Å². The van der Waals surface area contributed by atoms with E-state index in [9.17, 15) is 4.57 Å². The van der Waals surface area contributed by atoms with Crippen LogP contribution in [0.15, 0.2) is 0 Å². The van der Waals surface area contributed by atoms with Crippen LogP contribution in [0.5, 0.6) is 0 Å². The van der Waals surface area contributed by atoms with E-state index in [0.717, 1.165) is 0 Å². The van der Waals surface area contributed by atoms with E-state index in [2.05, 4.69) is 0 Å². The van der Waals surface area contributed by atoms with E-state index >= 15 is 0 Å². The monoisotopic (exact) mass is 374 g/mol. The average molecular weight is 374 g/mol. The van der Waals surface area contributed by atoms with Crippen LogP contribution in [0, 0.1) is 42.0 Å². The van der Waals surface area contributed by atoms with Crippen molar-refractivity contribution in [2.24, 2.45) is 0 Å². The van der Waals surface area contributed by atoms with Crippen LogP contribution in [0.3, 0.4) is 0 Å². The van der Waals surface area contributed by atoms with E-state index in [0.29, 0.717) is 96.5 Å². The Labute approximate surface area is 97.2 Å². The van der Waals surface area contributed by atoms with Crippen molar-refractivity contribution in [2.75, 3.05) is 6.66 Å². The normalized spacial score (nSPS) is 21.2. The van der Waals surface area contributed by atoms with Gasteiger partial charge in [0.2, 0.25) is 0 Å². The molecule has 5 heavy (non-hydrogen) atoms. The SMILES string of the molecule is C[P](=O)([Rb])[RaH]. The Morgan fingerprint density at radius 1 is 2.00 bits per heavy atom. The Hall–Kier alpha value is 3.50. The van der Waals surface area contributed by atoms with Crippen LogP contribution in [0.2, 0.25) is 0 Å². The van der Waals surface area contributed by atoms with Crippen molar-refractivity contribution in [1.29, 1.82) is 0 Å². The first-order valence-electron chi connectivity index (χ1n) is 1.52. The van der Waals surface area contributed by atoms with Gasteiger partial charge in [0.25, 0.3) is 0 Å². The zero-order valence-electron chi connectivity index (χ0n) is 3.86. The minimum absolute atomic E-state index is 0.382. The maximum atomic E-state index is 10.4. The van der Waals surface area contributed by atoms with Gasteiger partial charge in [0.05, 0.1) is 0 Å². The van der Waals surface area contributed by atoms with Gasteiger partial charge in [-0.25, -0.2) is 0 Å². The number of hydrogen-bond donors (Lipinski definition) is 0. The molecule has 4 heteroatoms. The van der Waals surface area contributed by atoms with Crippen molar-refractivity contribution < 1.29 is 46.5 Å². The summed E-state index contributed by atoms with van der Waals surface area (Å²) in [5, 5.41) is 0. The van der Waals surface area contributed by atoms with Crippen LogP contribution in [0.4, 0.5) is 0 Å². The molecule has 0 saturated carbocycles. The molecular formula is CH4OPRaRb. The van der Waals surface area contributed by atoms with Crippen molar-refractivity contribution in [3.05, 3.63) is 0 Å². The fourth-order valence-corrected chi connectivity index (χ4v) is 0. The Kier molecular flexibility index (Phi) is 5.97. The molecular weight excluding hydrogens is 370 g/mol. The predicted octanol–water partition coefficient (Wildman–Crippen LogP) is 0.259. The topological polar surface area (TPSA) is 17.1 Å². The molecule has 1 unspecified atom stereocenters. The summed E-state index contributed by atoms with van der Waals surface area (Å²) in [4.78, 5) is 0. The molecule has 0 amide bonds. The molecule has 22 valence electrons.